The highest BCUT2D eigenvalue weighted by atomic mass is 16.5. The van der Waals surface area contributed by atoms with Gasteiger partial charge < -0.3 is 9.64 Å². The maximum absolute atomic E-state index is 11.3. The molecule has 0 N–H and O–H groups in total. The number of aromatic nitrogens is 1. The molecule has 2 rings (SSSR count). The Hall–Kier alpha value is -1.58. The van der Waals surface area contributed by atoms with E-state index >= 15 is 0 Å². The summed E-state index contributed by atoms with van der Waals surface area (Å²) < 4.78 is 5.81. The number of anilines is 1. The van der Waals surface area contributed by atoms with Crippen LogP contribution in [0.5, 0.6) is 5.75 Å². The van der Waals surface area contributed by atoms with Crippen LogP contribution in [0.4, 0.5) is 5.82 Å². The molecule has 1 aromatic heterocycles. The lowest BCUT2D eigenvalue weighted by molar-refractivity contribution is -0.120. The predicted molar refractivity (Wildman–Crippen MR) is 75.7 cm³/mol. The largest absolute Gasteiger partial charge is 0.487 e. The number of hydrogen-bond acceptors (Lipinski definition) is 4. The highest BCUT2D eigenvalue weighted by Gasteiger charge is 2.24. The van der Waals surface area contributed by atoms with Crippen LogP contribution in [0.25, 0.3) is 0 Å². The summed E-state index contributed by atoms with van der Waals surface area (Å²) in [7, 11) is 2.04. The lowest BCUT2D eigenvalue weighted by Crippen LogP contribution is -2.36. The van der Waals surface area contributed by atoms with E-state index in [9.17, 15) is 4.79 Å². The molecule has 1 fully saturated rings. The van der Waals surface area contributed by atoms with Gasteiger partial charge in [-0.25, -0.2) is 4.98 Å². The Kier molecular flexibility index (Phi) is 4.40. The summed E-state index contributed by atoms with van der Waals surface area (Å²) in [5, 5.41) is 0. The molecule has 104 valence electrons. The Morgan fingerprint density at radius 1 is 1.37 bits per heavy atom. The lowest BCUT2D eigenvalue weighted by atomic mass is 9.93. The van der Waals surface area contributed by atoms with E-state index in [2.05, 4.69) is 9.88 Å². The van der Waals surface area contributed by atoms with Gasteiger partial charge >= 0.3 is 0 Å². The van der Waals surface area contributed by atoms with Crippen molar-refractivity contribution >= 4 is 11.6 Å². The average molecular weight is 262 g/mol. The van der Waals surface area contributed by atoms with Gasteiger partial charge in [0.2, 0.25) is 0 Å². The van der Waals surface area contributed by atoms with E-state index < -0.39 is 0 Å². The zero-order valence-electron chi connectivity index (χ0n) is 11.9. The maximum atomic E-state index is 11.3. The Morgan fingerprint density at radius 3 is 2.68 bits per heavy atom. The number of nitrogens with zero attached hydrogens (tertiary/aromatic N) is 2. The molecule has 1 saturated carbocycles. The second-order valence-electron chi connectivity index (χ2n) is 5.37. The second-order valence-corrected chi connectivity index (χ2v) is 5.37. The summed E-state index contributed by atoms with van der Waals surface area (Å²) in [5.41, 5.74) is 0. The van der Waals surface area contributed by atoms with Crippen LogP contribution in [0.15, 0.2) is 18.3 Å². The smallest absolute Gasteiger partial charge is 0.171 e. The van der Waals surface area contributed by atoms with Gasteiger partial charge in [-0.15, -0.1) is 0 Å². The third kappa shape index (κ3) is 3.46. The number of Topliss-reactive ketones (excluding diaryl/α,β-unsaturated/α-hetero) is 1. The minimum absolute atomic E-state index is 0.129. The van der Waals surface area contributed by atoms with Crippen LogP contribution in [-0.2, 0) is 4.79 Å². The molecule has 1 aliphatic carbocycles. The molecule has 4 heteroatoms. The fourth-order valence-corrected chi connectivity index (χ4v) is 2.48. The average Bonchev–Trinajstić information content (AvgIpc) is 2.39. The van der Waals surface area contributed by atoms with Gasteiger partial charge in [-0.05, 0) is 38.8 Å². The third-order valence-corrected chi connectivity index (χ3v) is 3.51. The van der Waals surface area contributed by atoms with Crippen LogP contribution in [-0.4, -0.2) is 30.0 Å². The Morgan fingerprint density at radius 2 is 2.05 bits per heavy atom. The van der Waals surface area contributed by atoms with E-state index in [4.69, 9.17) is 4.74 Å². The van der Waals surface area contributed by atoms with Crippen molar-refractivity contribution in [3.63, 3.8) is 0 Å². The van der Waals surface area contributed by atoms with Gasteiger partial charge in [0.1, 0.15) is 5.78 Å². The van der Waals surface area contributed by atoms with E-state index in [0.29, 0.717) is 24.7 Å². The van der Waals surface area contributed by atoms with E-state index in [0.717, 1.165) is 24.4 Å². The summed E-state index contributed by atoms with van der Waals surface area (Å²) in [5.74, 6) is 2.07. The van der Waals surface area contributed by atoms with Crippen molar-refractivity contribution in [2.24, 2.45) is 0 Å². The molecule has 19 heavy (non-hydrogen) atoms. The summed E-state index contributed by atoms with van der Waals surface area (Å²) in [6.45, 7) is 4.02. The summed E-state index contributed by atoms with van der Waals surface area (Å²) in [4.78, 5) is 17.9. The number of carbonyl (C=O) groups excluding carboxylic acids is 1. The highest BCUT2D eigenvalue weighted by Crippen LogP contribution is 2.30. The van der Waals surface area contributed by atoms with Crippen molar-refractivity contribution in [1.29, 1.82) is 0 Å². The summed E-state index contributed by atoms with van der Waals surface area (Å²) in [6, 6.07) is 4.22. The lowest BCUT2D eigenvalue weighted by Gasteiger charge is -2.32. The van der Waals surface area contributed by atoms with Crippen LogP contribution >= 0.6 is 0 Å². The first kappa shape index (κ1) is 13.8. The van der Waals surface area contributed by atoms with Gasteiger partial charge in [0.15, 0.2) is 11.6 Å². The van der Waals surface area contributed by atoms with Gasteiger partial charge in [0.05, 0.1) is 6.10 Å². The van der Waals surface area contributed by atoms with Crippen molar-refractivity contribution in [2.45, 2.75) is 51.7 Å². The maximum Gasteiger partial charge on any atom is 0.171 e. The fraction of sp³-hybridized carbons (Fsp3) is 0.600. The molecule has 0 aromatic carbocycles. The fourth-order valence-electron chi connectivity index (χ4n) is 2.48. The molecule has 0 spiro atoms. The monoisotopic (exact) mass is 262 g/mol. The van der Waals surface area contributed by atoms with Gasteiger partial charge in [-0.1, -0.05) is 0 Å². The molecule has 0 bridgehead atoms. The molecule has 0 unspecified atom stereocenters. The van der Waals surface area contributed by atoms with Crippen LogP contribution in [0, 0.1) is 0 Å². The van der Waals surface area contributed by atoms with Crippen molar-refractivity contribution in [3.8, 4) is 5.75 Å². The van der Waals surface area contributed by atoms with E-state index in [-0.39, 0.29) is 6.10 Å². The van der Waals surface area contributed by atoms with E-state index in [1.54, 1.807) is 6.20 Å². The van der Waals surface area contributed by atoms with Crippen molar-refractivity contribution in [2.75, 3.05) is 11.9 Å². The highest BCUT2D eigenvalue weighted by molar-refractivity contribution is 5.79. The number of rotatable bonds is 4. The Labute approximate surface area is 114 Å². The molecule has 1 heterocycles. The number of pyridine rings is 1. The number of carbonyl (C=O) groups is 1. The molecule has 0 radical (unpaired) electrons. The zero-order valence-corrected chi connectivity index (χ0v) is 11.9. The van der Waals surface area contributed by atoms with Gasteiger partial charge in [-0.2, -0.15) is 0 Å². The molecule has 1 aliphatic rings. The summed E-state index contributed by atoms with van der Waals surface area (Å²) in [6.07, 6.45) is 5.10. The molecular formula is C15H22N2O2. The third-order valence-electron chi connectivity index (χ3n) is 3.51. The first-order chi connectivity index (χ1) is 9.08. The molecule has 4 nitrogen and oxygen atoms in total. The van der Waals surface area contributed by atoms with E-state index in [1.165, 1.54) is 0 Å². The second kappa shape index (κ2) is 6.04. The molecule has 1 aromatic rings. The molecular weight excluding hydrogens is 240 g/mol. The first-order valence-corrected chi connectivity index (χ1v) is 6.94. The molecule has 0 saturated heterocycles. The predicted octanol–water partition coefficient (Wildman–Crippen LogP) is 2.82. The van der Waals surface area contributed by atoms with Crippen LogP contribution in [0.1, 0.15) is 39.5 Å². The topological polar surface area (TPSA) is 42.4 Å². The SMILES string of the molecule is CC(C)Oc1cccnc1N(C)C1CCC(=O)CC1. The van der Waals surface area contributed by atoms with E-state index in [1.807, 2.05) is 33.0 Å². The van der Waals surface area contributed by atoms with Crippen molar-refractivity contribution in [1.82, 2.24) is 4.98 Å². The quantitative estimate of drug-likeness (QED) is 0.836. The number of ketones is 1. The van der Waals surface area contributed by atoms with Gasteiger partial charge in [0.25, 0.3) is 0 Å². The Balaban J connectivity index is 2.14. The number of ether oxygens (including phenoxy) is 1. The number of hydrogen-bond donors (Lipinski definition) is 0. The zero-order chi connectivity index (χ0) is 13.8. The van der Waals surface area contributed by atoms with Gasteiger partial charge in [0, 0.05) is 32.1 Å². The van der Waals surface area contributed by atoms with Crippen molar-refractivity contribution in [3.05, 3.63) is 18.3 Å². The molecule has 0 atom stereocenters. The molecule has 0 aliphatic heterocycles. The van der Waals surface area contributed by atoms with Crippen LogP contribution in [0.2, 0.25) is 0 Å². The first-order valence-electron chi connectivity index (χ1n) is 6.94. The van der Waals surface area contributed by atoms with Crippen LogP contribution in [0.3, 0.4) is 0 Å². The standard InChI is InChI=1S/C15H22N2O2/c1-11(2)19-14-5-4-10-16-15(14)17(3)12-6-8-13(18)9-7-12/h4-5,10-12H,6-9H2,1-3H3. The van der Waals surface area contributed by atoms with Gasteiger partial charge in [-0.3, -0.25) is 4.79 Å². The minimum atomic E-state index is 0.129. The minimum Gasteiger partial charge on any atom is -0.487 e. The van der Waals surface area contributed by atoms with Crippen LogP contribution < -0.4 is 9.64 Å². The van der Waals surface area contributed by atoms with Crippen molar-refractivity contribution < 1.29 is 9.53 Å². The normalized spacial score (nSPS) is 16.7. The molecule has 0 amide bonds. The summed E-state index contributed by atoms with van der Waals surface area (Å²) >= 11 is 0. The Bertz CT molecular complexity index is 436.